The monoisotopic (exact) mass is 1010 g/mol. The van der Waals surface area contributed by atoms with Crippen LogP contribution in [0.15, 0.2) is 89.8 Å². The van der Waals surface area contributed by atoms with E-state index >= 15 is 0 Å². The van der Waals surface area contributed by atoms with E-state index in [4.69, 9.17) is 29.9 Å². The SMILES string of the molecule is COC(=O)N[C@H](C(=O)N1CCC[C@H]1c1nc2ccc(-c3csc4c(-c5ccc(-c6cnc([C@@H]7CCCN7C(=O)[C@H](NC(=O)OC)c7ccccc7)[nH]6)cc5)csc34)cc2n1COC(=O)[C@@H](N)C(C)C)C(C)C. The van der Waals surface area contributed by atoms with Gasteiger partial charge in [-0.05, 0) is 71.9 Å². The van der Waals surface area contributed by atoms with Gasteiger partial charge in [-0.25, -0.2) is 19.6 Å². The summed E-state index contributed by atoms with van der Waals surface area (Å²) < 4.78 is 19.7. The lowest BCUT2D eigenvalue weighted by atomic mass is 10.0. The van der Waals surface area contributed by atoms with Gasteiger partial charge in [-0.2, -0.15) is 0 Å². The molecule has 0 unspecified atom stereocenters. The maximum atomic E-state index is 14.1. The van der Waals surface area contributed by atoms with E-state index in [-0.39, 0.29) is 36.4 Å². The number of esters is 1. The zero-order chi connectivity index (χ0) is 50.8. The van der Waals surface area contributed by atoms with E-state index in [0.29, 0.717) is 42.2 Å². The van der Waals surface area contributed by atoms with Crippen LogP contribution >= 0.6 is 22.7 Å². The van der Waals surface area contributed by atoms with Crippen LogP contribution < -0.4 is 16.4 Å². The number of ether oxygens (including phenoxy) is 3. The first kappa shape index (κ1) is 49.9. The quantitative estimate of drug-likeness (QED) is 0.0561. The molecule has 7 aromatic rings. The van der Waals surface area contributed by atoms with Crippen LogP contribution in [-0.4, -0.2) is 98.7 Å². The van der Waals surface area contributed by atoms with E-state index in [1.165, 1.54) is 14.2 Å². The van der Waals surface area contributed by atoms with Gasteiger partial charge >= 0.3 is 18.2 Å². The lowest BCUT2D eigenvalue weighted by Gasteiger charge is -2.30. The fourth-order valence-corrected chi connectivity index (χ4v) is 12.1. The second kappa shape index (κ2) is 21.3. The molecule has 0 radical (unpaired) electrons. The molecule has 2 aliphatic heterocycles. The molecular weight excluding hydrogens is 955 g/mol. The van der Waals surface area contributed by atoms with Crippen molar-refractivity contribution in [2.24, 2.45) is 17.6 Å². The van der Waals surface area contributed by atoms with E-state index in [1.807, 2.05) is 74.7 Å². The number of aromatic nitrogens is 4. The number of thiophene rings is 2. The summed E-state index contributed by atoms with van der Waals surface area (Å²) in [5.41, 5.74) is 14.3. The lowest BCUT2D eigenvalue weighted by Crippen LogP contribution is -2.51. The number of aromatic amines is 1. The second-order valence-corrected chi connectivity index (χ2v) is 20.7. The molecule has 376 valence electrons. The highest BCUT2D eigenvalue weighted by Crippen LogP contribution is 2.45. The van der Waals surface area contributed by atoms with Gasteiger partial charge in [0.05, 0.1) is 58.6 Å². The van der Waals surface area contributed by atoms with Gasteiger partial charge in [0.2, 0.25) is 5.91 Å². The molecule has 0 bridgehead atoms. The number of H-pyrrole nitrogens is 1. The van der Waals surface area contributed by atoms with Gasteiger partial charge in [0, 0.05) is 35.0 Å². The first-order valence-electron chi connectivity index (χ1n) is 24.2. The van der Waals surface area contributed by atoms with E-state index in [2.05, 4.69) is 56.7 Å². The normalized spacial score (nSPS) is 17.1. The van der Waals surface area contributed by atoms with Crippen molar-refractivity contribution in [3.63, 3.8) is 0 Å². The Kier molecular flexibility index (Phi) is 14.8. The highest BCUT2D eigenvalue weighted by atomic mass is 32.1. The number of nitrogens with zero attached hydrogens (tertiary/aromatic N) is 5. The standard InChI is InChI=1S/C53H59N9O8S2/c1-29(2)42(54)51(65)70-28-62-41-24-34(20-21-37(41)57-48(62)40-15-11-23-61(40)49(63)43(30(3)4)58-52(66)68-5)36-27-72-45-35(26-71-46(36)45)31-16-18-32(19-17-31)38-25-55-47(56-38)39-14-10-22-60(39)50(64)44(59-53(67)69-6)33-12-8-7-9-13-33/h7-9,12-13,16-21,24-27,29-30,39-40,42-44H,10-11,14-15,22-23,28,54H2,1-6H3,(H,55,56)(H,58,66)(H,59,67)/t39-,40-,42-,43-,44+/m0/s1. The summed E-state index contributed by atoms with van der Waals surface area (Å²) in [6.45, 7) is 8.34. The molecule has 2 saturated heterocycles. The highest BCUT2D eigenvalue weighted by Gasteiger charge is 2.40. The van der Waals surface area contributed by atoms with Crippen molar-refractivity contribution < 1.29 is 38.2 Å². The summed E-state index contributed by atoms with van der Waals surface area (Å²) in [6, 6.07) is 20.3. The first-order valence-corrected chi connectivity index (χ1v) is 25.9. The summed E-state index contributed by atoms with van der Waals surface area (Å²) in [5, 5.41) is 9.79. The van der Waals surface area contributed by atoms with Gasteiger partial charge in [0.25, 0.3) is 5.91 Å². The topological polar surface area (TPSA) is 216 Å². The number of likely N-dealkylation sites (tertiary alicyclic amines) is 2. The molecule has 9 rings (SSSR count). The van der Waals surface area contributed by atoms with Crippen LogP contribution in [0.3, 0.4) is 0 Å². The summed E-state index contributed by atoms with van der Waals surface area (Å²) in [4.78, 5) is 82.8. The van der Waals surface area contributed by atoms with Gasteiger partial charge in [0.15, 0.2) is 6.73 Å². The predicted octanol–water partition coefficient (Wildman–Crippen LogP) is 9.33. The summed E-state index contributed by atoms with van der Waals surface area (Å²) in [5.74, 6) is -0.0580. The second-order valence-electron chi connectivity index (χ2n) is 18.9. The molecule has 72 heavy (non-hydrogen) atoms. The number of imidazole rings is 2. The van der Waals surface area contributed by atoms with E-state index in [9.17, 15) is 24.0 Å². The van der Waals surface area contributed by atoms with E-state index in [1.54, 1.807) is 38.7 Å². The molecule has 0 spiro atoms. The van der Waals surface area contributed by atoms with Crippen molar-refractivity contribution in [3.8, 4) is 33.5 Å². The van der Waals surface area contributed by atoms with Crippen LogP contribution in [0.25, 0.3) is 53.9 Å². The van der Waals surface area contributed by atoms with E-state index < -0.39 is 42.3 Å². The molecule has 2 fully saturated rings. The average Bonchev–Trinajstić information content (AvgIpc) is 4.26. The van der Waals surface area contributed by atoms with Crippen LogP contribution in [0.2, 0.25) is 0 Å². The van der Waals surface area contributed by atoms with Crippen molar-refractivity contribution in [2.45, 2.75) is 90.3 Å². The lowest BCUT2D eigenvalue weighted by molar-refractivity contribution is -0.150. The number of hydrogen-bond acceptors (Lipinski definition) is 13. The van der Waals surface area contributed by atoms with Gasteiger partial charge in [-0.15, -0.1) is 22.7 Å². The smallest absolute Gasteiger partial charge is 0.407 e. The number of carbonyl (C=O) groups excluding carboxylic acids is 5. The largest absolute Gasteiger partial charge is 0.453 e. The Labute approximate surface area is 425 Å². The molecule has 19 heteroatoms. The number of nitrogens with two attached hydrogens (primary N) is 1. The Hall–Kier alpha value is -7.09. The van der Waals surface area contributed by atoms with Crippen LogP contribution in [0, 0.1) is 11.8 Å². The third kappa shape index (κ3) is 9.92. The fourth-order valence-electron chi connectivity index (χ4n) is 9.66. The van der Waals surface area contributed by atoms with Crippen molar-refractivity contribution in [1.82, 2.24) is 40.0 Å². The zero-order valence-corrected chi connectivity index (χ0v) is 42.7. The molecule has 4 aromatic heterocycles. The van der Waals surface area contributed by atoms with E-state index in [0.717, 1.165) is 67.7 Å². The highest BCUT2D eigenvalue weighted by molar-refractivity contribution is 7.27. The Balaban J connectivity index is 0.967. The molecular formula is C53H59N9O8S2. The molecule has 4 amide bonds. The number of fused-ring (bicyclic) bond motifs is 2. The first-order chi connectivity index (χ1) is 34.8. The molecule has 17 nitrogen and oxygen atoms in total. The molecule has 2 aliphatic rings. The van der Waals surface area contributed by atoms with Gasteiger partial charge in [-0.3, -0.25) is 19.0 Å². The Morgan fingerprint density at radius 3 is 2.03 bits per heavy atom. The minimum Gasteiger partial charge on any atom is -0.453 e. The van der Waals surface area contributed by atoms with Gasteiger partial charge in [-0.1, -0.05) is 88.4 Å². The van der Waals surface area contributed by atoms with Crippen molar-refractivity contribution in [2.75, 3.05) is 27.3 Å². The van der Waals surface area contributed by atoms with Gasteiger partial charge < -0.3 is 45.4 Å². The van der Waals surface area contributed by atoms with Crippen LogP contribution in [-0.2, 0) is 35.3 Å². The third-order valence-corrected chi connectivity index (χ3v) is 15.9. The Bertz CT molecular complexity index is 3110. The summed E-state index contributed by atoms with van der Waals surface area (Å²) >= 11 is 3.35. The molecule has 6 heterocycles. The van der Waals surface area contributed by atoms with Crippen molar-refractivity contribution in [1.29, 1.82) is 0 Å². The van der Waals surface area contributed by atoms with Crippen molar-refractivity contribution >= 4 is 73.1 Å². The number of amides is 4. The van der Waals surface area contributed by atoms with Crippen LogP contribution in [0.1, 0.15) is 88.7 Å². The zero-order valence-electron chi connectivity index (χ0n) is 41.0. The Morgan fingerprint density at radius 1 is 0.764 bits per heavy atom. The average molecular weight is 1010 g/mol. The molecule has 5 atom stereocenters. The predicted molar refractivity (Wildman–Crippen MR) is 277 cm³/mol. The minimum absolute atomic E-state index is 0.131. The third-order valence-electron chi connectivity index (χ3n) is 13.7. The number of alkyl carbamates (subject to hydrolysis) is 2. The fraction of sp³-hybridized carbons (Fsp3) is 0.377. The van der Waals surface area contributed by atoms with Crippen LogP contribution in [0.5, 0.6) is 0 Å². The summed E-state index contributed by atoms with van der Waals surface area (Å²) in [6.07, 6.45) is 3.33. The number of nitrogens with one attached hydrogen (secondary N) is 3. The number of carbonyl (C=O) groups is 5. The van der Waals surface area contributed by atoms with Crippen molar-refractivity contribution in [3.05, 3.63) is 107 Å². The minimum atomic E-state index is -0.903. The van der Waals surface area contributed by atoms with Gasteiger partial charge in [0.1, 0.15) is 29.8 Å². The number of rotatable bonds is 15. The molecule has 5 N–H and O–H groups in total. The molecule has 3 aromatic carbocycles. The maximum absolute atomic E-state index is 14.1. The van der Waals surface area contributed by atoms with Crippen LogP contribution in [0.4, 0.5) is 9.59 Å². The molecule has 0 saturated carbocycles. The molecule has 0 aliphatic carbocycles. The number of benzene rings is 3. The number of methoxy groups -OCH3 is 2. The Morgan fingerprint density at radius 2 is 1.38 bits per heavy atom. The maximum Gasteiger partial charge on any atom is 0.407 e. The number of hydrogen-bond donors (Lipinski definition) is 4. The summed E-state index contributed by atoms with van der Waals surface area (Å²) in [7, 11) is 2.55.